The Morgan fingerprint density at radius 3 is 2.95 bits per heavy atom. The van der Waals surface area contributed by atoms with Gasteiger partial charge >= 0.3 is 0 Å². The summed E-state index contributed by atoms with van der Waals surface area (Å²) in [5.74, 6) is 0.0826. The van der Waals surface area contributed by atoms with Crippen LogP contribution in [0.25, 0.3) is 0 Å². The van der Waals surface area contributed by atoms with Crippen LogP contribution in [-0.4, -0.2) is 45.9 Å². The maximum Gasteiger partial charge on any atom is 0.246 e. The number of nitrogens with zero attached hydrogens (tertiary/aromatic N) is 1. The minimum Gasteiger partial charge on any atom is -0.385 e. The number of fused-ring (bicyclic) bond motifs is 1. The van der Waals surface area contributed by atoms with Crippen molar-refractivity contribution in [1.29, 1.82) is 0 Å². The predicted octanol–water partition coefficient (Wildman–Crippen LogP) is 1.50. The van der Waals surface area contributed by atoms with Gasteiger partial charge in [-0.2, -0.15) is 0 Å². The van der Waals surface area contributed by atoms with Crippen LogP contribution >= 0.6 is 0 Å². The minimum absolute atomic E-state index is 0.0826. The van der Waals surface area contributed by atoms with Crippen molar-refractivity contribution in [1.82, 2.24) is 0 Å². The van der Waals surface area contributed by atoms with E-state index in [1.54, 1.807) is 12.0 Å². The summed E-state index contributed by atoms with van der Waals surface area (Å²) in [5, 5.41) is 3.11. The molecular formula is C14H20N2O3. The van der Waals surface area contributed by atoms with Gasteiger partial charge in [-0.1, -0.05) is 12.1 Å². The van der Waals surface area contributed by atoms with Gasteiger partial charge in [-0.3, -0.25) is 4.79 Å². The van der Waals surface area contributed by atoms with Crippen LogP contribution in [0.5, 0.6) is 0 Å². The largest absolute Gasteiger partial charge is 0.385 e. The van der Waals surface area contributed by atoms with Crippen LogP contribution < -0.4 is 10.2 Å². The molecule has 2 rings (SSSR count). The smallest absolute Gasteiger partial charge is 0.246 e. The SMILES string of the molecule is COCCCOCCN1C(=O)CNc2ccccc21. The summed E-state index contributed by atoms with van der Waals surface area (Å²) >= 11 is 0. The Morgan fingerprint density at radius 1 is 1.26 bits per heavy atom. The Hall–Kier alpha value is -1.59. The fraction of sp³-hybridized carbons (Fsp3) is 0.500. The molecule has 0 aliphatic carbocycles. The lowest BCUT2D eigenvalue weighted by molar-refractivity contribution is -0.117. The number of methoxy groups -OCH3 is 1. The Kier molecular flexibility index (Phi) is 5.18. The van der Waals surface area contributed by atoms with Crippen molar-refractivity contribution in [2.24, 2.45) is 0 Å². The highest BCUT2D eigenvalue weighted by Crippen LogP contribution is 2.28. The first kappa shape index (κ1) is 13.8. The first-order valence-corrected chi connectivity index (χ1v) is 6.53. The number of carbonyl (C=O) groups is 1. The summed E-state index contributed by atoms with van der Waals surface area (Å²) in [7, 11) is 1.68. The van der Waals surface area contributed by atoms with E-state index < -0.39 is 0 Å². The number of hydrogen-bond donors (Lipinski definition) is 1. The molecule has 0 spiro atoms. The molecule has 104 valence electrons. The van der Waals surface area contributed by atoms with Crippen molar-refractivity contribution in [2.45, 2.75) is 6.42 Å². The van der Waals surface area contributed by atoms with E-state index in [2.05, 4.69) is 5.32 Å². The summed E-state index contributed by atoms with van der Waals surface area (Å²) in [6.07, 6.45) is 0.878. The molecule has 1 N–H and O–H groups in total. The molecule has 5 heteroatoms. The summed E-state index contributed by atoms with van der Waals surface area (Å²) in [6, 6.07) is 7.82. The molecule has 5 nitrogen and oxygen atoms in total. The lowest BCUT2D eigenvalue weighted by atomic mass is 10.2. The van der Waals surface area contributed by atoms with E-state index in [1.165, 1.54) is 0 Å². The lowest BCUT2D eigenvalue weighted by Gasteiger charge is -2.30. The van der Waals surface area contributed by atoms with Gasteiger partial charge < -0.3 is 19.7 Å². The first-order valence-electron chi connectivity index (χ1n) is 6.53. The second-order valence-electron chi connectivity index (χ2n) is 4.37. The molecule has 1 aromatic rings. The van der Waals surface area contributed by atoms with E-state index in [0.29, 0.717) is 32.9 Å². The molecule has 1 heterocycles. The third kappa shape index (κ3) is 3.68. The molecule has 0 fully saturated rings. The van der Waals surface area contributed by atoms with Crippen molar-refractivity contribution in [3.8, 4) is 0 Å². The monoisotopic (exact) mass is 264 g/mol. The quantitative estimate of drug-likeness (QED) is 0.758. The van der Waals surface area contributed by atoms with Crippen molar-refractivity contribution in [3.63, 3.8) is 0 Å². The van der Waals surface area contributed by atoms with Crippen LogP contribution in [0, 0.1) is 0 Å². The van der Waals surface area contributed by atoms with Crippen molar-refractivity contribution < 1.29 is 14.3 Å². The van der Waals surface area contributed by atoms with E-state index in [1.807, 2.05) is 24.3 Å². The van der Waals surface area contributed by atoms with Crippen LogP contribution in [0.3, 0.4) is 0 Å². The van der Waals surface area contributed by atoms with Crippen molar-refractivity contribution >= 4 is 17.3 Å². The highest BCUT2D eigenvalue weighted by molar-refractivity contribution is 6.02. The highest BCUT2D eigenvalue weighted by atomic mass is 16.5. The number of anilines is 2. The number of benzene rings is 1. The third-order valence-corrected chi connectivity index (χ3v) is 3.02. The zero-order valence-electron chi connectivity index (χ0n) is 11.2. The molecule has 0 radical (unpaired) electrons. The van der Waals surface area contributed by atoms with Gasteiger partial charge in [0.2, 0.25) is 5.91 Å². The van der Waals surface area contributed by atoms with Crippen LogP contribution in [0.2, 0.25) is 0 Å². The Morgan fingerprint density at radius 2 is 2.11 bits per heavy atom. The summed E-state index contributed by atoms with van der Waals surface area (Å²) in [6.45, 7) is 2.85. The number of para-hydroxylation sites is 2. The Bertz CT molecular complexity index is 423. The van der Waals surface area contributed by atoms with Crippen LogP contribution in [0.4, 0.5) is 11.4 Å². The average molecular weight is 264 g/mol. The van der Waals surface area contributed by atoms with Crippen LogP contribution in [0.15, 0.2) is 24.3 Å². The molecule has 0 unspecified atom stereocenters. The molecule has 19 heavy (non-hydrogen) atoms. The van der Waals surface area contributed by atoms with Crippen molar-refractivity contribution in [3.05, 3.63) is 24.3 Å². The van der Waals surface area contributed by atoms with Gasteiger partial charge in [-0.25, -0.2) is 0 Å². The predicted molar refractivity (Wildman–Crippen MR) is 74.6 cm³/mol. The maximum absolute atomic E-state index is 11.9. The van der Waals surface area contributed by atoms with Gasteiger partial charge in [0.15, 0.2) is 0 Å². The van der Waals surface area contributed by atoms with Gasteiger partial charge in [0.25, 0.3) is 0 Å². The maximum atomic E-state index is 11.9. The standard InChI is InChI=1S/C14H20N2O3/c1-18-8-4-9-19-10-7-16-13-6-3-2-5-12(13)15-11-14(16)17/h2-3,5-6,15H,4,7-11H2,1H3. The fourth-order valence-corrected chi connectivity index (χ4v) is 2.07. The number of nitrogens with one attached hydrogen (secondary N) is 1. The summed E-state index contributed by atoms with van der Waals surface area (Å²) in [5.41, 5.74) is 1.93. The topological polar surface area (TPSA) is 50.8 Å². The number of ether oxygens (including phenoxy) is 2. The molecule has 0 saturated carbocycles. The Balaban J connectivity index is 1.84. The molecule has 1 aromatic carbocycles. The molecule has 0 atom stereocenters. The van der Waals surface area contributed by atoms with E-state index in [0.717, 1.165) is 17.8 Å². The minimum atomic E-state index is 0.0826. The lowest BCUT2D eigenvalue weighted by Crippen LogP contribution is -2.41. The fourth-order valence-electron chi connectivity index (χ4n) is 2.07. The van der Waals surface area contributed by atoms with Gasteiger partial charge in [0, 0.05) is 26.9 Å². The van der Waals surface area contributed by atoms with Crippen molar-refractivity contribution in [2.75, 3.05) is 50.2 Å². The van der Waals surface area contributed by atoms with Gasteiger partial charge in [0.05, 0.1) is 24.5 Å². The molecule has 0 bridgehead atoms. The van der Waals surface area contributed by atoms with E-state index in [-0.39, 0.29) is 5.91 Å². The number of rotatable bonds is 7. The van der Waals surface area contributed by atoms with Gasteiger partial charge in [0.1, 0.15) is 0 Å². The first-order chi connectivity index (χ1) is 9.33. The normalized spacial score (nSPS) is 14.2. The number of hydrogen-bond acceptors (Lipinski definition) is 4. The van der Waals surface area contributed by atoms with E-state index in [4.69, 9.17) is 9.47 Å². The van der Waals surface area contributed by atoms with Crippen LogP contribution in [-0.2, 0) is 14.3 Å². The molecule has 1 aliphatic rings. The highest BCUT2D eigenvalue weighted by Gasteiger charge is 2.22. The Labute approximate surface area is 113 Å². The van der Waals surface area contributed by atoms with E-state index in [9.17, 15) is 4.79 Å². The average Bonchev–Trinajstić information content (AvgIpc) is 2.44. The molecule has 1 aliphatic heterocycles. The molecule has 0 saturated heterocycles. The molecule has 1 amide bonds. The van der Waals surface area contributed by atoms with E-state index >= 15 is 0 Å². The van der Waals surface area contributed by atoms with Gasteiger partial charge in [-0.05, 0) is 18.6 Å². The molecular weight excluding hydrogens is 244 g/mol. The second-order valence-corrected chi connectivity index (χ2v) is 4.37. The third-order valence-electron chi connectivity index (χ3n) is 3.02. The number of carbonyl (C=O) groups excluding carboxylic acids is 1. The molecule has 0 aromatic heterocycles. The summed E-state index contributed by atoms with van der Waals surface area (Å²) in [4.78, 5) is 13.7. The zero-order chi connectivity index (χ0) is 13.5. The second kappa shape index (κ2) is 7.11. The zero-order valence-corrected chi connectivity index (χ0v) is 11.2. The summed E-state index contributed by atoms with van der Waals surface area (Å²) < 4.78 is 10.5. The number of amides is 1. The van der Waals surface area contributed by atoms with Crippen LogP contribution in [0.1, 0.15) is 6.42 Å². The van der Waals surface area contributed by atoms with Gasteiger partial charge in [-0.15, -0.1) is 0 Å².